The first-order chi connectivity index (χ1) is 6.86. The van der Waals surface area contributed by atoms with Gasteiger partial charge in [0.15, 0.2) is 0 Å². The van der Waals surface area contributed by atoms with E-state index in [1.54, 1.807) is 0 Å². The Bertz CT molecular complexity index is 240. The molecule has 0 saturated heterocycles. The number of hydrogen-bond acceptors (Lipinski definition) is 3. The van der Waals surface area contributed by atoms with Crippen LogP contribution in [0.2, 0.25) is 0 Å². The summed E-state index contributed by atoms with van der Waals surface area (Å²) in [5, 5.41) is 12.0. The number of aliphatic hydroxyl groups excluding tert-OH is 1. The molecular weight excluding hydrogens is 176 g/mol. The molecule has 0 atom stereocenters. The van der Waals surface area contributed by atoms with Gasteiger partial charge in [-0.3, -0.25) is 4.98 Å². The van der Waals surface area contributed by atoms with Crippen molar-refractivity contribution in [3.63, 3.8) is 0 Å². The summed E-state index contributed by atoms with van der Waals surface area (Å²) < 4.78 is 0. The highest BCUT2D eigenvalue weighted by atomic mass is 16.2. The molecule has 0 saturated carbocycles. The predicted molar refractivity (Wildman–Crippen MR) is 57.0 cm³/mol. The number of nitrogens with zero attached hydrogens (tertiary/aromatic N) is 1. The molecule has 0 unspecified atom stereocenters. The Balaban J connectivity index is 2.50. The molecule has 0 aliphatic rings. The third-order valence-corrected chi connectivity index (χ3v) is 2.05. The monoisotopic (exact) mass is 194 g/mol. The molecule has 0 amide bonds. The van der Waals surface area contributed by atoms with E-state index in [0.29, 0.717) is 0 Å². The number of aryl methyl sites for hydroxylation is 1. The Labute approximate surface area is 85.2 Å². The molecule has 0 fully saturated rings. The highest BCUT2D eigenvalue weighted by Crippen LogP contribution is 2.04. The van der Waals surface area contributed by atoms with E-state index in [0.717, 1.165) is 25.9 Å². The zero-order valence-electron chi connectivity index (χ0n) is 8.66. The molecule has 0 bridgehead atoms. The fraction of sp³-hybridized carbons (Fsp3) is 0.545. The molecule has 1 aromatic heterocycles. The lowest BCUT2D eigenvalue weighted by Gasteiger charge is -2.04. The molecule has 1 heterocycles. The van der Waals surface area contributed by atoms with Crippen molar-refractivity contribution in [3.05, 3.63) is 29.6 Å². The first-order valence-corrected chi connectivity index (χ1v) is 5.11. The zero-order valence-corrected chi connectivity index (χ0v) is 8.66. The van der Waals surface area contributed by atoms with E-state index in [1.165, 1.54) is 11.1 Å². The Kier molecular flexibility index (Phi) is 5.19. The molecule has 0 radical (unpaired) electrons. The molecule has 1 aromatic rings. The van der Waals surface area contributed by atoms with Gasteiger partial charge in [0, 0.05) is 25.5 Å². The minimum Gasteiger partial charge on any atom is -0.396 e. The van der Waals surface area contributed by atoms with Crippen LogP contribution in [0.15, 0.2) is 18.5 Å². The highest BCUT2D eigenvalue weighted by molar-refractivity contribution is 5.18. The number of pyridine rings is 1. The van der Waals surface area contributed by atoms with E-state index in [4.69, 9.17) is 5.11 Å². The van der Waals surface area contributed by atoms with Crippen molar-refractivity contribution in [2.24, 2.45) is 0 Å². The van der Waals surface area contributed by atoms with Gasteiger partial charge in [0.25, 0.3) is 0 Å². The van der Waals surface area contributed by atoms with E-state index in [9.17, 15) is 0 Å². The second-order valence-corrected chi connectivity index (χ2v) is 3.31. The number of aromatic nitrogens is 1. The summed E-state index contributed by atoms with van der Waals surface area (Å²) in [7, 11) is 0. The maximum absolute atomic E-state index is 8.71. The maximum Gasteiger partial charge on any atom is 0.0434 e. The summed E-state index contributed by atoms with van der Waals surface area (Å²) in [4.78, 5) is 4.17. The van der Waals surface area contributed by atoms with E-state index in [2.05, 4.69) is 23.3 Å². The maximum atomic E-state index is 8.71. The smallest absolute Gasteiger partial charge is 0.0434 e. The molecule has 3 nitrogen and oxygen atoms in total. The number of rotatable bonds is 6. The Morgan fingerprint density at radius 2 is 2.14 bits per heavy atom. The lowest BCUT2D eigenvalue weighted by atomic mass is 10.1. The summed E-state index contributed by atoms with van der Waals surface area (Å²) in [6, 6.07) is 2.14. The topological polar surface area (TPSA) is 45.2 Å². The van der Waals surface area contributed by atoms with Crippen molar-refractivity contribution in [1.29, 1.82) is 0 Å². The minimum atomic E-state index is 0.247. The highest BCUT2D eigenvalue weighted by Gasteiger charge is 1.96. The van der Waals surface area contributed by atoms with Crippen molar-refractivity contribution < 1.29 is 5.11 Å². The van der Waals surface area contributed by atoms with E-state index in [1.807, 2.05) is 12.4 Å². The van der Waals surface area contributed by atoms with Crippen LogP contribution >= 0.6 is 0 Å². The number of hydrogen-bond donors (Lipinski definition) is 2. The van der Waals surface area contributed by atoms with E-state index >= 15 is 0 Å². The first kappa shape index (κ1) is 11.1. The molecular formula is C11H18N2O. The van der Waals surface area contributed by atoms with Gasteiger partial charge in [-0.15, -0.1) is 0 Å². The van der Waals surface area contributed by atoms with Crippen LogP contribution in [0.25, 0.3) is 0 Å². The normalized spacial score (nSPS) is 10.4. The van der Waals surface area contributed by atoms with Gasteiger partial charge in [-0.25, -0.2) is 0 Å². The molecule has 2 N–H and O–H groups in total. The lowest BCUT2D eigenvalue weighted by molar-refractivity contribution is 0.288. The van der Waals surface area contributed by atoms with Crippen molar-refractivity contribution in [3.8, 4) is 0 Å². The summed E-state index contributed by atoms with van der Waals surface area (Å²) >= 11 is 0. The largest absolute Gasteiger partial charge is 0.396 e. The van der Waals surface area contributed by atoms with Crippen molar-refractivity contribution in [2.75, 3.05) is 13.2 Å². The Morgan fingerprint density at radius 1 is 1.36 bits per heavy atom. The minimum absolute atomic E-state index is 0.247. The summed E-state index contributed by atoms with van der Waals surface area (Å²) in [5.41, 5.74) is 2.41. The molecule has 78 valence electrons. The van der Waals surface area contributed by atoms with Gasteiger partial charge < -0.3 is 10.4 Å². The van der Waals surface area contributed by atoms with Crippen LogP contribution in [-0.2, 0) is 13.0 Å². The SMILES string of the molecule is CCNCc1cncc(CCCO)c1. The Morgan fingerprint density at radius 3 is 2.86 bits per heavy atom. The lowest BCUT2D eigenvalue weighted by Crippen LogP contribution is -2.12. The Hall–Kier alpha value is -0.930. The molecule has 1 rings (SSSR count). The van der Waals surface area contributed by atoms with Crippen LogP contribution in [0.3, 0.4) is 0 Å². The van der Waals surface area contributed by atoms with Gasteiger partial charge in [-0.05, 0) is 30.5 Å². The van der Waals surface area contributed by atoms with Crippen LogP contribution in [0.5, 0.6) is 0 Å². The van der Waals surface area contributed by atoms with Gasteiger partial charge in [-0.2, -0.15) is 0 Å². The van der Waals surface area contributed by atoms with E-state index in [-0.39, 0.29) is 6.61 Å². The van der Waals surface area contributed by atoms with Crippen molar-refractivity contribution in [1.82, 2.24) is 10.3 Å². The van der Waals surface area contributed by atoms with E-state index < -0.39 is 0 Å². The first-order valence-electron chi connectivity index (χ1n) is 5.11. The molecule has 0 aromatic carbocycles. The van der Waals surface area contributed by atoms with Gasteiger partial charge in [0.2, 0.25) is 0 Å². The summed E-state index contributed by atoms with van der Waals surface area (Å²) in [6.45, 7) is 4.18. The average molecular weight is 194 g/mol. The van der Waals surface area contributed by atoms with Crippen molar-refractivity contribution in [2.45, 2.75) is 26.3 Å². The number of aliphatic hydroxyl groups is 1. The van der Waals surface area contributed by atoms with Gasteiger partial charge in [0.05, 0.1) is 0 Å². The second-order valence-electron chi connectivity index (χ2n) is 3.31. The standard InChI is InChI=1S/C11H18N2O/c1-2-12-8-11-6-10(4-3-5-14)7-13-9-11/h6-7,9,12,14H,2-5,8H2,1H3. The molecule has 0 aliphatic heterocycles. The van der Waals surface area contributed by atoms with Crippen molar-refractivity contribution >= 4 is 0 Å². The molecule has 3 heteroatoms. The third kappa shape index (κ3) is 3.85. The third-order valence-electron chi connectivity index (χ3n) is 2.05. The van der Waals surface area contributed by atoms with Crippen LogP contribution in [0.1, 0.15) is 24.5 Å². The van der Waals surface area contributed by atoms with Gasteiger partial charge >= 0.3 is 0 Å². The molecule has 14 heavy (non-hydrogen) atoms. The van der Waals surface area contributed by atoms with Crippen LogP contribution < -0.4 is 5.32 Å². The summed E-state index contributed by atoms with van der Waals surface area (Å²) in [5.74, 6) is 0. The summed E-state index contributed by atoms with van der Waals surface area (Å²) in [6.07, 6.45) is 5.46. The number of nitrogens with one attached hydrogen (secondary N) is 1. The van der Waals surface area contributed by atoms with Gasteiger partial charge in [-0.1, -0.05) is 13.0 Å². The quantitative estimate of drug-likeness (QED) is 0.713. The predicted octanol–water partition coefficient (Wildman–Crippen LogP) is 1.12. The van der Waals surface area contributed by atoms with Crippen LogP contribution in [0, 0.1) is 0 Å². The molecule has 0 aliphatic carbocycles. The zero-order chi connectivity index (χ0) is 10.2. The fourth-order valence-electron chi connectivity index (χ4n) is 1.33. The second kappa shape index (κ2) is 6.51. The molecule has 0 spiro atoms. The fourth-order valence-corrected chi connectivity index (χ4v) is 1.33. The van der Waals surface area contributed by atoms with Crippen LogP contribution in [-0.4, -0.2) is 23.2 Å². The van der Waals surface area contributed by atoms with Crippen LogP contribution in [0.4, 0.5) is 0 Å². The van der Waals surface area contributed by atoms with Gasteiger partial charge in [0.1, 0.15) is 0 Å². The average Bonchev–Trinajstić information content (AvgIpc) is 2.24.